The highest BCUT2D eigenvalue weighted by Gasteiger charge is 2.14. The maximum atomic E-state index is 11.1. The molecule has 0 saturated carbocycles. The van der Waals surface area contributed by atoms with Gasteiger partial charge in [-0.25, -0.2) is 0 Å². The Labute approximate surface area is 365 Å². The summed E-state index contributed by atoms with van der Waals surface area (Å²) in [5, 5.41) is 0. The Hall–Kier alpha value is 0.520. The van der Waals surface area contributed by atoms with Crippen LogP contribution in [0.5, 0.6) is 0 Å². The normalized spacial score (nSPS) is 13.0. The van der Waals surface area contributed by atoms with Crippen LogP contribution in [0.25, 0.3) is 0 Å². The van der Waals surface area contributed by atoms with E-state index in [2.05, 4.69) is 9.80 Å². The molecule has 0 aliphatic carbocycles. The van der Waals surface area contributed by atoms with Crippen LogP contribution in [0.15, 0.2) is 0 Å². The summed E-state index contributed by atoms with van der Waals surface area (Å²) >= 11 is 0. The number of unbranched alkanes of at least 4 members (excludes halogenated alkanes) is 28. The van der Waals surface area contributed by atoms with Crippen molar-refractivity contribution in [3.05, 3.63) is 0 Å². The smallest absolute Gasteiger partial charge is 0.324 e. The third-order valence-electron chi connectivity index (χ3n) is 11.4. The van der Waals surface area contributed by atoms with E-state index in [-0.39, 0.29) is 24.6 Å². The Morgan fingerprint density at radius 3 is 0.483 bits per heavy atom. The van der Waals surface area contributed by atoms with Crippen LogP contribution >= 0.6 is 30.4 Å². The first-order valence-corrected chi connectivity index (χ1v) is 31.2. The molecule has 0 aromatic carbocycles. The fourth-order valence-corrected chi connectivity index (χ4v) is 10.4. The van der Waals surface area contributed by atoms with Gasteiger partial charge >= 0.3 is 30.4 Å². The quantitative estimate of drug-likeness (QED) is 0.0209. The minimum absolute atomic E-state index is 0.0108. The Balaban J connectivity index is 4.89. The first kappa shape index (κ1) is 60.5. The average molecular weight is 941 g/mol. The Morgan fingerprint density at radius 1 is 0.200 bits per heavy atom. The first-order chi connectivity index (χ1) is 28.4. The Kier molecular flexibility index (Phi) is 39.1. The molecule has 0 amide bonds. The fourth-order valence-electron chi connectivity index (χ4n) is 7.81. The summed E-state index contributed by atoms with van der Waals surface area (Å²) in [4.78, 5) is 77.8. The zero-order valence-electron chi connectivity index (χ0n) is 37.6. The maximum absolute atomic E-state index is 11.1. The minimum atomic E-state index is -3.88. The van der Waals surface area contributed by atoms with Gasteiger partial charge in [-0.2, -0.15) is 0 Å². The topological polar surface area (TPSA) is 237 Å². The van der Waals surface area contributed by atoms with Crippen LogP contribution in [-0.2, 0) is 18.3 Å². The molecule has 0 radical (unpaired) electrons. The number of hydrogen-bond acceptors (Lipinski definition) is 6. The van der Waals surface area contributed by atoms with Crippen molar-refractivity contribution in [2.24, 2.45) is 0 Å². The zero-order valence-corrected chi connectivity index (χ0v) is 41.2. The van der Waals surface area contributed by atoms with Gasteiger partial charge in [0.05, 0.1) is 0 Å². The number of nitrogens with zero attached hydrogens (tertiary/aromatic N) is 2. The summed E-state index contributed by atoms with van der Waals surface area (Å²) in [6, 6.07) is 0. The van der Waals surface area contributed by atoms with Gasteiger partial charge in [-0.3, -0.25) is 18.3 Å². The highest BCUT2D eigenvalue weighted by molar-refractivity contribution is 7.52. The molecule has 0 heterocycles. The van der Waals surface area contributed by atoms with Crippen LogP contribution in [0.3, 0.4) is 0 Å². The van der Waals surface area contributed by atoms with E-state index in [1.807, 2.05) is 0 Å². The average Bonchev–Trinajstić information content (AvgIpc) is 3.14. The molecule has 0 saturated heterocycles. The molecule has 60 heavy (non-hydrogen) atoms. The van der Waals surface area contributed by atoms with Crippen molar-refractivity contribution in [1.29, 1.82) is 0 Å². The summed E-state index contributed by atoms with van der Waals surface area (Å²) in [6.45, 7) is 6.50. The van der Waals surface area contributed by atoms with E-state index in [0.29, 0.717) is 25.7 Å². The van der Waals surface area contributed by atoms with Gasteiger partial charge in [0.15, 0.2) is 0 Å². The SMILES string of the molecule is O=P(O)(O)CCCCCCCCCCN(CCCCCCCCCCP(=O)(O)O)CCN(CCCCCCCCCCP(=O)(O)O)CCCCCCCCCCP(=O)(O)O. The van der Waals surface area contributed by atoms with Crippen LogP contribution < -0.4 is 0 Å². The highest BCUT2D eigenvalue weighted by Crippen LogP contribution is 2.37. The summed E-state index contributed by atoms with van der Waals surface area (Å²) < 4.78 is 44.3. The van der Waals surface area contributed by atoms with Crippen molar-refractivity contribution in [3.8, 4) is 0 Å². The lowest BCUT2D eigenvalue weighted by molar-refractivity contribution is 0.192. The molecule has 14 nitrogen and oxygen atoms in total. The lowest BCUT2D eigenvalue weighted by atomic mass is 10.1. The maximum Gasteiger partial charge on any atom is 0.325 e. The molecule has 0 bridgehead atoms. The lowest BCUT2D eigenvalue weighted by Crippen LogP contribution is -2.37. The largest absolute Gasteiger partial charge is 0.325 e. The van der Waals surface area contributed by atoms with Crippen molar-refractivity contribution >= 4 is 30.4 Å². The van der Waals surface area contributed by atoms with E-state index < -0.39 is 30.4 Å². The van der Waals surface area contributed by atoms with Gasteiger partial charge in [-0.05, 0) is 77.5 Å². The molecule has 0 aliphatic heterocycles. The Morgan fingerprint density at radius 2 is 0.333 bits per heavy atom. The molecular formula is C42H92N2O12P4. The molecular weight excluding hydrogens is 848 g/mol. The molecule has 0 rings (SSSR count). The summed E-state index contributed by atoms with van der Waals surface area (Å²) in [7, 11) is -15.5. The van der Waals surface area contributed by atoms with Crippen LogP contribution in [0.1, 0.15) is 205 Å². The third kappa shape index (κ3) is 51.2. The predicted molar refractivity (Wildman–Crippen MR) is 248 cm³/mol. The van der Waals surface area contributed by atoms with E-state index in [4.69, 9.17) is 39.1 Å². The molecule has 362 valence electrons. The van der Waals surface area contributed by atoms with Crippen LogP contribution in [0, 0.1) is 0 Å². The van der Waals surface area contributed by atoms with Crippen molar-refractivity contribution < 1.29 is 57.4 Å². The molecule has 0 aliphatic rings. The molecule has 0 atom stereocenters. The Bertz CT molecular complexity index is 992. The van der Waals surface area contributed by atoms with Crippen molar-refractivity contribution in [2.75, 3.05) is 63.9 Å². The van der Waals surface area contributed by atoms with E-state index in [9.17, 15) is 18.3 Å². The van der Waals surface area contributed by atoms with Gasteiger partial charge in [-0.1, -0.05) is 154 Å². The molecule has 0 unspecified atom stereocenters. The van der Waals surface area contributed by atoms with Crippen molar-refractivity contribution in [3.63, 3.8) is 0 Å². The van der Waals surface area contributed by atoms with Gasteiger partial charge in [-0.15, -0.1) is 0 Å². The van der Waals surface area contributed by atoms with Crippen molar-refractivity contribution in [2.45, 2.75) is 205 Å². The standard InChI is InChI=1S/C42H92N2O12P4/c45-57(46,47)39-29-21-13-5-1-9-17-25-33-43(34-26-18-10-2-6-14-22-30-40-58(48,49)50)37-38-44(35-27-19-11-3-7-15-23-31-41-59(51,52)53)36-28-20-12-4-8-16-24-32-42-60(54,55)56/h1-42H2,(H2,45,46,47)(H2,48,49,50)(H2,51,52,53)(H2,54,55,56). The summed E-state index contributed by atoms with van der Waals surface area (Å²) in [5.41, 5.74) is 0. The number of hydrogen-bond donors (Lipinski definition) is 8. The van der Waals surface area contributed by atoms with Gasteiger partial charge in [0.1, 0.15) is 0 Å². The van der Waals surface area contributed by atoms with E-state index >= 15 is 0 Å². The van der Waals surface area contributed by atoms with Crippen LogP contribution in [-0.4, -0.2) is 113 Å². The third-order valence-corrected chi connectivity index (χ3v) is 15.0. The molecule has 0 spiro atoms. The summed E-state index contributed by atoms with van der Waals surface area (Å²) in [6.07, 6.45) is 33.2. The van der Waals surface area contributed by atoms with Crippen LogP contribution in [0.4, 0.5) is 0 Å². The van der Waals surface area contributed by atoms with Gasteiger partial charge in [0, 0.05) is 37.7 Å². The fraction of sp³-hybridized carbons (Fsp3) is 1.00. The molecule has 8 N–H and O–H groups in total. The second-order valence-electron chi connectivity index (χ2n) is 17.6. The van der Waals surface area contributed by atoms with Crippen LogP contribution in [0.2, 0.25) is 0 Å². The summed E-state index contributed by atoms with van der Waals surface area (Å²) in [5.74, 6) is 0. The monoisotopic (exact) mass is 941 g/mol. The van der Waals surface area contributed by atoms with Gasteiger partial charge in [0.25, 0.3) is 0 Å². The van der Waals surface area contributed by atoms with Gasteiger partial charge < -0.3 is 48.9 Å². The van der Waals surface area contributed by atoms with E-state index in [1.54, 1.807) is 0 Å². The molecule has 0 aromatic heterocycles. The second kappa shape index (κ2) is 38.8. The lowest BCUT2D eigenvalue weighted by Gasteiger charge is -2.28. The second-order valence-corrected chi connectivity index (χ2v) is 24.7. The zero-order chi connectivity index (χ0) is 44.9. The van der Waals surface area contributed by atoms with Gasteiger partial charge in [0.2, 0.25) is 0 Å². The van der Waals surface area contributed by atoms with Crippen molar-refractivity contribution in [1.82, 2.24) is 9.80 Å². The van der Waals surface area contributed by atoms with E-state index in [0.717, 1.165) is 142 Å². The molecule has 0 aromatic rings. The molecule has 0 fully saturated rings. The molecule has 18 heteroatoms. The minimum Gasteiger partial charge on any atom is -0.324 e. The van der Waals surface area contributed by atoms with E-state index in [1.165, 1.54) is 77.0 Å². The first-order valence-electron chi connectivity index (χ1n) is 24.0. The highest BCUT2D eigenvalue weighted by atomic mass is 31.2. The number of rotatable bonds is 47. The predicted octanol–water partition coefficient (Wildman–Crippen LogP) is 10.8.